The van der Waals surface area contributed by atoms with Gasteiger partial charge in [0, 0.05) is 49.7 Å². The molecule has 29 heavy (non-hydrogen) atoms. The number of pyridine rings is 1. The standard InChI is InChI=1S/C23H24N2O3S/c26-23(21-2-1-12-27-21)25-10-7-20(8-11-25)28-19-5-3-16(4-6-19)18-14-17-9-13-29-22(17)24-15-18/h3-6,9,13-15,20-21H,1-2,7-8,10-12H2/t21-/m1/s1. The summed E-state index contributed by atoms with van der Waals surface area (Å²) in [5, 5.41) is 3.25. The summed E-state index contributed by atoms with van der Waals surface area (Å²) in [5.41, 5.74) is 2.25. The normalized spacial score (nSPS) is 20.3. The lowest BCUT2D eigenvalue weighted by Crippen LogP contribution is -2.45. The second kappa shape index (κ2) is 8.13. The van der Waals surface area contributed by atoms with Crippen molar-refractivity contribution in [1.82, 2.24) is 9.88 Å². The second-order valence-corrected chi connectivity index (χ2v) is 8.60. The molecule has 0 aliphatic carbocycles. The first kappa shape index (κ1) is 18.6. The maximum atomic E-state index is 12.5. The number of ether oxygens (including phenoxy) is 2. The molecule has 2 fully saturated rings. The van der Waals surface area contributed by atoms with Crippen molar-refractivity contribution in [2.24, 2.45) is 0 Å². The second-order valence-electron chi connectivity index (χ2n) is 7.71. The van der Waals surface area contributed by atoms with Crippen LogP contribution in [-0.4, -0.2) is 47.7 Å². The number of nitrogens with zero attached hydrogens (tertiary/aromatic N) is 2. The topological polar surface area (TPSA) is 51.7 Å². The molecule has 0 spiro atoms. The Morgan fingerprint density at radius 3 is 2.69 bits per heavy atom. The van der Waals surface area contributed by atoms with Gasteiger partial charge < -0.3 is 14.4 Å². The number of hydrogen-bond donors (Lipinski definition) is 0. The molecule has 1 amide bonds. The fraction of sp³-hybridized carbons (Fsp3) is 0.391. The number of likely N-dealkylation sites (tertiary alicyclic amines) is 1. The highest BCUT2D eigenvalue weighted by molar-refractivity contribution is 7.16. The van der Waals surface area contributed by atoms with Crippen molar-refractivity contribution in [3.05, 3.63) is 48.0 Å². The third-order valence-corrected chi connectivity index (χ3v) is 6.59. The first-order valence-electron chi connectivity index (χ1n) is 10.3. The molecular weight excluding hydrogens is 384 g/mol. The molecule has 0 bridgehead atoms. The Hall–Kier alpha value is -2.44. The van der Waals surface area contributed by atoms with E-state index in [0.717, 1.165) is 60.5 Å². The molecule has 0 saturated carbocycles. The number of piperidine rings is 1. The van der Waals surface area contributed by atoms with Crippen LogP contribution in [0.3, 0.4) is 0 Å². The van der Waals surface area contributed by atoms with Crippen LogP contribution in [-0.2, 0) is 9.53 Å². The van der Waals surface area contributed by atoms with Crippen molar-refractivity contribution >= 4 is 27.5 Å². The third kappa shape index (κ3) is 4.00. The first-order valence-corrected chi connectivity index (χ1v) is 11.1. The molecule has 2 saturated heterocycles. The number of carbonyl (C=O) groups excluding carboxylic acids is 1. The van der Waals surface area contributed by atoms with E-state index in [9.17, 15) is 4.79 Å². The van der Waals surface area contributed by atoms with Crippen LogP contribution in [0.1, 0.15) is 25.7 Å². The number of fused-ring (bicyclic) bond motifs is 1. The predicted octanol–water partition coefficient (Wildman–Crippen LogP) is 4.51. The number of thiophene rings is 1. The van der Waals surface area contributed by atoms with Crippen LogP contribution in [0, 0.1) is 0 Å². The van der Waals surface area contributed by atoms with Crippen LogP contribution in [0.25, 0.3) is 21.3 Å². The zero-order valence-corrected chi connectivity index (χ0v) is 17.1. The highest BCUT2D eigenvalue weighted by Crippen LogP contribution is 2.28. The average Bonchev–Trinajstić information content (AvgIpc) is 3.46. The molecule has 0 unspecified atom stereocenters. The zero-order valence-electron chi connectivity index (χ0n) is 16.3. The molecule has 2 aromatic heterocycles. The van der Waals surface area contributed by atoms with Gasteiger partial charge in [-0.3, -0.25) is 4.79 Å². The summed E-state index contributed by atoms with van der Waals surface area (Å²) in [7, 11) is 0. The number of rotatable bonds is 4. The Morgan fingerprint density at radius 1 is 1.10 bits per heavy atom. The van der Waals surface area contributed by atoms with Crippen LogP contribution in [0.5, 0.6) is 5.75 Å². The van der Waals surface area contributed by atoms with Crippen LogP contribution in [0.2, 0.25) is 0 Å². The maximum absolute atomic E-state index is 12.5. The van der Waals surface area contributed by atoms with Gasteiger partial charge in [-0.25, -0.2) is 4.98 Å². The third-order valence-electron chi connectivity index (χ3n) is 5.76. The summed E-state index contributed by atoms with van der Waals surface area (Å²) >= 11 is 1.66. The molecule has 150 valence electrons. The minimum absolute atomic E-state index is 0.151. The molecule has 1 aromatic carbocycles. The lowest BCUT2D eigenvalue weighted by Gasteiger charge is -2.33. The first-order chi connectivity index (χ1) is 14.3. The SMILES string of the molecule is O=C([C@H]1CCCO1)N1CCC(Oc2ccc(-c3cnc4sccc4c3)cc2)CC1. The van der Waals surface area contributed by atoms with Crippen LogP contribution >= 0.6 is 11.3 Å². The van der Waals surface area contributed by atoms with E-state index in [4.69, 9.17) is 9.47 Å². The molecule has 5 nitrogen and oxygen atoms in total. The smallest absolute Gasteiger partial charge is 0.251 e. The van der Waals surface area contributed by atoms with Crippen molar-refractivity contribution < 1.29 is 14.3 Å². The van der Waals surface area contributed by atoms with E-state index in [-0.39, 0.29) is 18.1 Å². The minimum atomic E-state index is -0.220. The molecule has 5 rings (SSSR count). The molecule has 2 aliphatic heterocycles. The summed E-state index contributed by atoms with van der Waals surface area (Å²) < 4.78 is 11.7. The summed E-state index contributed by atoms with van der Waals surface area (Å²) in [6, 6.07) is 12.5. The lowest BCUT2D eigenvalue weighted by molar-refractivity contribution is -0.142. The largest absolute Gasteiger partial charge is 0.490 e. The Kier molecular flexibility index (Phi) is 5.21. The van der Waals surface area contributed by atoms with Gasteiger partial charge in [0.2, 0.25) is 0 Å². The van der Waals surface area contributed by atoms with E-state index in [1.165, 1.54) is 5.39 Å². The molecule has 1 atom stereocenters. The van der Waals surface area contributed by atoms with E-state index in [1.807, 2.05) is 23.2 Å². The van der Waals surface area contributed by atoms with Gasteiger partial charge in [0.05, 0.1) is 0 Å². The number of amides is 1. The number of benzene rings is 1. The molecule has 0 radical (unpaired) electrons. The highest BCUT2D eigenvalue weighted by Gasteiger charge is 2.31. The van der Waals surface area contributed by atoms with Crippen molar-refractivity contribution in [2.75, 3.05) is 19.7 Å². The van der Waals surface area contributed by atoms with Crippen molar-refractivity contribution in [3.63, 3.8) is 0 Å². The zero-order chi connectivity index (χ0) is 19.6. The molecule has 2 aliphatic rings. The molecule has 6 heteroatoms. The summed E-state index contributed by atoms with van der Waals surface area (Å²) in [6.45, 7) is 2.20. The van der Waals surface area contributed by atoms with Crippen LogP contribution in [0.4, 0.5) is 0 Å². The molecule has 3 aromatic rings. The Labute approximate surface area is 174 Å². The minimum Gasteiger partial charge on any atom is -0.490 e. The monoisotopic (exact) mass is 408 g/mol. The summed E-state index contributed by atoms with van der Waals surface area (Å²) in [4.78, 5) is 20.0. The van der Waals surface area contributed by atoms with Crippen molar-refractivity contribution in [3.8, 4) is 16.9 Å². The van der Waals surface area contributed by atoms with E-state index in [0.29, 0.717) is 6.61 Å². The number of hydrogen-bond acceptors (Lipinski definition) is 5. The number of carbonyl (C=O) groups is 1. The quantitative estimate of drug-likeness (QED) is 0.637. The fourth-order valence-corrected chi connectivity index (χ4v) is 4.83. The van der Waals surface area contributed by atoms with Gasteiger partial charge in [-0.15, -0.1) is 11.3 Å². The molecule has 4 heterocycles. The van der Waals surface area contributed by atoms with E-state index >= 15 is 0 Å². The van der Waals surface area contributed by atoms with Gasteiger partial charge in [-0.2, -0.15) is 0 Å². The Morgan fingerprint density at radius 2 is 1.93 bits per heavy atom. The van der Waals surface area contributed by atoms with Crippen molar-refractivity contribution in [1.29, 1.82) is 0 Å². The summed E-state index contributed by atoms with van der Waals surface area (Å²) in [5.74, 6) is 1.03. The molecule has 0 N–H and O–H groups in total. The lowest BCUT2D eigenvalue weighted by atomic mass is 10.1. The van der Waals surface area contributed by atoms with Gasteiger partial charge in [0.15, 0.2) is 0 Å². The van der Waals surface area contributed by atoms with Gasteiger partial charge in [-0.05, 0) is 48.1 Å². The van der Waals surface area contributed by atoms with Gasteiger partial charge >= 0.3 is 0 Å². The van der Waals surface area contributed by atoms with E-state index < -0.39 is 0 Å². The van der Waals surface area contributed by atoms with Gasteiger partial charge in [0.25, 0.3) is 5.91 Å². The van der Waals surface area contributed by atoms with Gasteiger partial charge in [-0.1, -0.05) is 12.1 Å². The fourth-order valence-electron chi connectivity index (χ4n) is 4.11. The maximum Gasteiger partial charge on any atom is 0.251 e. The number of aromatic nitrogens is 1. The van der Waals surface area contributed by atoms with Crippen LogP contribution < -0.4 is 4.74 Å². The summed E-state index contributed by atoms with van der Waals surface area (Å²) in [6.07, 6.45) is 5.42. The Balaban J connectivity index is 1.18. The van der Waals surface area contributed by atoms with E-state index in [1.54, 1.807) is 11.3 Å². The highest BCUT2D eigenvalue weighted by atomic mass is 32.1. The van der Waals surface area contributed by atoms with Crippen LogP contribution in [0.15, 0.2) is 48.0 Å². The van der Waals surface area contributed by atoms with Gasteiger partial charge in [0.1, 0.15) is 22.8 Å². The predicted molar refractivity (Wildman–Crippen MR) is 114 cm³/mol. The average molecular weight is 409 g/mol. The van der Waals surface area contributed by atoms with Crippen molar-refractivity contribution in [2.45, 2.75) is 37.9 Å². The van der Waals surface area contributed by atoms with E-state index in [2.05, 4.69) is 34.6 Å². The molecular formula is C23H24N2O3S. The Bertz CT molecular complexity index is 987.